The predicted octanol–water partition coefficient (Wildman–Crippen LogP) is 2.19. The van der Waals surface area contributed by atoms with E-state index in [0.29, 0.717) is 6.54 Å². The topological polar surface area (TPSA) is 58.6 Å². The first kappa shape index (κ1) is 15.4. The number of carbonyl (C=O) groups is 1. The van der Waals surface area contributed by atoms with Gasteiger partial charge in [-0.3, -0.25) is 10.1 Å². The fourth-order valence-corrected chi connectivity index (χ4v) is 1.43. The molecule has 2 N–H and O–H groups in total. The lowest BCUT2D eigenvalue weighted by atomic mass is 10.0. The van der Waals surface area contributed by atoms with Crippen LogP contribution in [0.5, 0.6) is 5.75 Å². The summed E-state index contributed by atoms with van der Waals surface area (Å²) in [5, 5.41) is 11.9. The summed E-state index contributed by atoms with van der Waals surface area (Å²) >= 11 is 0. The molecular weight excluding hydrogens is 256 g/mol. The van der Waals surface area contributed by atoms with Crippen LogP contribution in [0.25, 0.3) is 0 Å². The summed E-state index contributed by atoms with van der Waals surface area (Å²) in [6.45, 7) is 3.38. The predicted molar refractivity (Wildman–Crippen MR) is 66.2 cm³/mol. The summed E-state index contributed by atoms with van der Waals surface area (Å²) < 4.78 is 31.7. The van der Waals surface area contributed by atoms with Crippen molar-refractivity contribution in [3.63, 3.8) is 0 Å². The number of ether oxygens (including phenoxy) is 1. The van der Waals surface area contributed by atoms with Gasteiger partial charge in [-0.1, -0.05) is 13.0 Å². The molecule has 1 atom stereocenters. The molecule has 0 aliphatic carbocycles. The van der Waals surface area contributed by atoms with E-state index < -0.39 is 28.9 Å². The normalized spacial score (nSPS) is 13.9. The highest BCUT2D eigenvalue weighted by Gasteiger charge is 2.34. The second-order valence-electron chi connectivity index (χ2n) is 4.40. The Bertz CT molecular complexity index is 433. The molecule has 1 aromatic rings. The highest BCUT2D eigenvalue weighted by molar-refractivity contribution is 5.78. The summed E-state index contributed by atoms with van der Waals surface area (Å²) in [6.07, 6.45) is 0.733. The van der Waals surface area contributed by atoms with Crippen LogP contribution in [0.2, 0.25) is 0 Å². The van der Waals surface area contributed by atoms with E-state index in [1.165, 1.54) is 13.0 Å². The van der Waals surface area contributed by atoms with E-state index in [1.54, 1.807) is 0 Å². The van der Waals surface area contributed by atoms with Crippen molar-refractivity contribution in [2.75, 3.05) is 13.2 Å². The number of halogens is 2. The van der Waals surface area contributed by atoms with Gasteiger partial charge in [0.25, 0.3) is 0 Å². The number of carboxylic acid groups (broad SMARTS) is 1. The Hall–Kier alpha value is -1.69. The third-order valence-electron chi connectivity index (χ3n) is 2.66. The van der Waals surface area contributed by atoms with E-state index in [9.17, 15) is 13.6 Å². The Labute approximate surface area is 110 Å². The maximum atomic E-state index is 13.3. The second-order valence-corrected chi connectivity index (χ2v) is 4.40. The van der Waals surface area contributed by atoms with Crippen LogP contribution >= 0.6 is 0 Å². The van der Waals surface area contributed by atoms with Gasteiger partial charge in [-0.25, -0.2) is 8.78 Å². The summed E-state index contributed by atoms with van der Waals surface area (Å²) in [7, 11) is 0. The van der Waals surface area contributed by atoms with Gasteiger partial charge in [0.15, 0.2) is 17.4 Å². The van der Waals surface area contributed by atoms with Gasteiger partial charge in [-0.05, 0) is 32.0 Å². The SMILES string of the molecule is CCCNC(C)(COc1c(F)cccc1F)C(=O)O. The molecule has 0 amide bonds. The van der Waals surface area contributed by atoms with Gasteiger partial charge in [0.1, 0.15) is 12.1 Å². The highest BCUT2D eigenvalue weighted by atomic mass is 19.1. The van der Waals surface area contributed by atoms with Gasteiger partial charge >= 0.3 is 5.97 Å². The first-order chi connectivity index (χ1) is 8.90. The zero-order valence-corrected chi connectivity index (χ0v) is 10.9. The van der Waals surface area contributed by atoms with Crippen molar-refractivity contribution in [3.8, 4) is 5.75 Å². The van der Waals surface area contributed by atoms with Crippen LogP contribution in [-0.4, -0.2) is 29.8 Å². The smallest absolute Gasteiger partial charge is 0.327 e. The van der Waals surface area contributed by atoms with Crippen molar-refractivity contribution in [1.82, 2.24) is 5.32 Å². The Morgan fingerprint density at radius 3 is 2.47 bits per heavy atom. The largest absolute Gasteiger partial charge is 0.485 e. The fraction of sp³-hybridized carbons (Fsp3) is 0.462. The lowest BCUT2D eigenvalue weighted by Crippen LogP contribution is -2.54. The zero-order valence-electron chi connectivity index (χ0n) is 10.9. The summed E-state index contributed by atoms with van der Waals surface area (Å²) in [6, 6.07) is 3.31. The third-order valence-corrected chi connectivity index (χ3v) is 2.66. The second kappa shape index (κ2) is 6.47. The molecule has 6 heteroatoms. The molecule has 4 nitrogen and oxygen atoms in total. The van der Waals surface area contributed by atoms with Crippen LogP contribution in [0.1, 0.15) is 20.3 Å². The lowest BCUT2D eigenvalue weighted by molar-refractivity contribution is -0.145. The summed E-state index contributed by atoms with van der Waals surface area (Å²) in [5.74, 6) is -3.42. The van der Waals surface area contributed by atoms with E-state index in [4.69, 9.17) is 9.84 Å². The van der Waals surface area contributed by atoms with E-state index in [0.717, 1.165) is 18.6 Å². The van der Waals surface area contributed by atoms with E-state index in [1.807, 2.05) is 6.92 Å². The van der Waals surface area contributed by atoms with Crippen LogP contribution in [0.15, 0.2) is 18.2 Å². The van der Waals surface area contributed by atoms with Crippen LogP contribution in [-0.2, 0) is 4.79 Å². The molecule has 106 valence electrons. The number of benzene rings is 1. The first-order valence-electron chi connectivity index (χ1n) is 5.96. The quantitative estimate of drug-likeness (QED) is 0.799. The lowest BCUT2D eigenvalue weighted by Gasteiger charge is -2.26. The van der Waals surface area contributed by atoms with E-state index >= 15 is 0 Å². The number of nitrogens with one attached hydrogen (secondary N) is 1. The highest BCUT2D eigenvalue weighted by Crippen LogP contribution is 2.22. The van der Waals surface area contributed by atoms with Gasteiger partial charge in [-0.15, -0.1) is 0 Å². The average Bonchev–Trinajstić information content (AvgIpc) is 2.35. The summed E-state index contributed by atoms with van der Waals surface area (Å²) in [4.78, 5) is 11.2. The molecule has 19 heavy (non-hydrogen) atoms. The third kappa shape index (κ3) is 3.89. The Morgan fingerprint density at radius 1 is 1.42 bits per heavy atom. The van der Waals surface area contributed by atoms with E-state index in [-0.39, 0.29) is 6.61 Å². The molecule has 0 aliphatic rings. The Balaban J connectivity index is 2.79. The van der Waals surface area contributed by atoms with Gasteiger partial charge < -0.3 is 9.84 Å². The van der Waals surface area contributed by atoms with Gasteiger partial charge in [0.05, 0.1) is 0 Å². The van der Waals surface area contributed by atoms with Crippen molar-refractivity contribution in [2.24, 2.45) is 0 Å². The molecule has 0 aliphatic heterocycles. The summed E-state index contributed by atoms with van der Waals surface area (Å²) in [5.41, 5.74) is -1.40. The van der Waals surface area contributed by atoms with Crippen molar-refractivity contribution in [1.29, 1.82) is 0 Å². The Kier molecular flexibility index (Phi) is 5.23. The van der Waals surface area contributed by atoms with Crippen molar-refractivity contribution >= 4 is 5.97 Å². The Morgan fingerprint density at radius 2 is 2.00 bits per heavy atom. The number of para-hydroxylation sites is 1. The van der Waals surface area contributed by atoms with Crippen LogP contribution in [0.4, 0.5) is 8.78 Å². The fourth-order valence-electron chi connectivity index (χ4n) is 1.43. The van der Waals surface area contributed by atoms with Crippen molar-refractivity contribution < 1.29 is 23.4 Å². The van der Waals surface area contributed by atoms with Gasteiger partial charge in [-0.2, -0.15) is 0 Å². The van der Waals surface area contributed by atoms with Gasteiger partial charge in [0, 0.05) is 0 Å². The molecule has 0 bridgehead atoms. The molecular formula is C13H17F2NO3. The minimum absolute atomic E-state index is 0.375. The molecule has 0 aromatic heterocycles. The molecule has 0 saturated heterocycles. The maximum absolute atomic E-state index is 13.3. The van der Waals surface area contributed by atoms with Crippen LogP contribution in [0.3, 0.4) is 0 Å². The monoisotopic (exact) mass is 273 g/mol. The number of hydrogen-bond acceptors (Lipinski definition) is 3. The molecule has 1 unspecified atom stereocenters. The number of aliphatic carboxylic acids is 1. The number of rotatable bonds is 7. The minimum Gasteiger partial charge on any atom is -0.485 e. The number of carboxylic acids is 1. The zero-order chi connectivity index (χ0) is 14.5. The van der Waals surface area contributed by atoms with Crippen molar-refractivity contribution in [2.45, 2.75) is 25.8 Å². The van der Waals surface area contributed by atoms with E-state index in [2.05, 4.69) is 5.32 Å². The molecule has 0 spiro atoms. The van der Waals surface area contributed by atoms with Crippen LogP contribution < -0.4 is 10.1 Å². The number of hydrogen-bond donors (Lipinski definition) is 2. The molecule has 0 heterocycles. The molecule has 0 radical (unpaired) electrons. The molecule has 1 aromatic carbocycles. The van der Waals surface area contributed by atoms with Crippen molar-refractivity contribution in [3.05, 3.63) is 29.8 Å². The molecule has 1 rings (SSSR count). The standard InChI is InChI=1S/C13H17F2NO3/c1-3-7-16-13(2,12(17)18)8-19-11-9(14)5-4-6-10(11)15/h4-6,16H,3,7-8H2,1-2H3,(H,17,18). The molecule has 0 fully saturated rings. The minimum atomic E-state index is -1.40. The first-order valence-corrected chi connectivity index (χ1v) is 5.96. The molecule has 0 saturated carbocycles. The maximum Gasteiger partial charge on any atom is 0.327 e. The van der Waals surface area contributed by atoms with Gasteiger partial charge in [0.2, 0.25) is 0 Å². The average molecular weight is 273 g/mol. The van der Waals surface area contributed by atoms with Crippen LogP contribution in [0, 0.1) is 11.6 Å².